The zero-order valence-electron chi connectivity index (χ0n) is 13.5. The molecule has 24 heavy (non-hydrogen) atoms. The predicted molar refractivity (Wildman–Crippen MR) is 95.5 cm³/mol. The van der Waals surface area contributed by atoms with Crippen LogP contribution in [0.15, 0.2) is 48.5 Å². The van der Waals surface area contributed by atoms with Gasteiger partial charge in [0.15, 0.2) is 0 Å². The lowest BCUT2D eigenvalue weighted by atomic mass is 10.1. The van der Waals surface area contributed by atoms with E-state index in [4.69, 9.17) is 0 Å². The van der Waals surface area contributed by atoms with Crippen LogP contribution in [0.1, 0.15) is 34.8 Å². The fourth-order valence-electron chi connectivity index (χ4n) is 3.38. The van der Waals surface area contributed by atoms with Crippen LogP contribution in [-0.4, -0.2) is 16.1 Å². The Bertz CT molecular complexity index is 939. The van der Waals surface area contributed by atoms with Gasteiger partial charge in [-0.05, 0) is 48.6 Å². The van der Waals surface area contributed by atoms with Gasteiger partial charge in [-0.3, -0.25) is 9.89 Å². The number of aryl methyl sites for hydroxylation is 2. The maximum atomic E-state index is 12.2. The van der Waals surface area contributed by atoms with Crippen molar-refractivity contribution in [1.29, 1.82) is 0 Å². The van der Waals surface area contributed by atoms with E-state index >= 15 is 0 Å². The van der Waals surface area contributed by atoms with Gasteiger partial charge in [0, 0.05) is 11.5 Å². The molecule has 3 aromatic rings. The molecule has 0 radical (unpaired) electrons. The first-order valence-corrected chi connectivity index (χ1v) is 8.22. The number of nitrogens with zero attached hydrogens (tertiary/aromatic N) is 1. The Balaban J connectivity index is 1.46. The summed E-state index contributed by atoms with van der Waals surface area (Å²) in [6, 6.07) is 14.5. The molecule has 0 spiro atoms. The van der Waals surface area contributed by atoms with Crippen molar-refractivity contribution in [3.8, 4) is 0 Å². The number of hydrogen-bond donors (Lipinski definition) is 2. The summed E-state index contributed by atoms with van der Waals surface area (Å²) in [6.45, 7) is 1.97. The van der Waals surface area contributed by atoms with Gasteiger partial charge in [0.25, 0.3) is 0 Å². The van der Waals surface area contributed by atoms with Gasteiger partial charge in [0.1, 0.15) is 0 Å². The SMILES string of the molecule is Cc1n[nH]c2cc(/C=C/C(=O)N[C@@H]3CCc4ccccc43)ccc12. The van der Waals surface area contributed by atoms with Crippen LogP contribution in [0, 0.1) is 6.92 Å². The van der Waals surface area contributed by atoms with Gasteiger partial charge in [0.2, 0.25) is 5.91 Å². The van der Waals surface area contributed by atoms with Crippen molar-refractivity contribution >= 4 is 22.9 Å². The van der Waals surface area contributed by atoms with E-state index in [0.29, 0.717) is 0 Å². The summed E-state index contributed by atoms with van der Waals surface area (Å²) in [4.78, 5) is 12.2. The fourth-order valence-corrected chi connectivity index (χ4v) is 3.38. The highest BCUT2D eigenvalue weighted by Crippen LogP contribution is 2.30. The summed E-state index contributed by atoms with van der Waals surface area (Å²) < 4.78 is 0. The number of fused-ring (bicyclic) bond motifs is 2. The number of benzene rings is 2. The van der Waals surface area contributed by atoms with E-state index in [0.717, 1.165) is 35.0 Å². The fraction of sp³-hybridized carbons (Fsp3) is 0.200. The van der Waals surface area contributed by atoms with Crippen molar-refractivity contribution in [1.82, 2.24) is 15.5 Å². The number of rotatable bonds is 3. The second-order valence-electron chi connectivity index (χ2n) is 6.25. The molecule has 0 aliphatic heterocycles. The number of carbonyl (C=O) groups is 1. The summed E-state index contributed by atoms with van der Waals surface area (Å²) in [5.41, 5.74) is 5.53. The highest BCUT2D eigenvalue weighted by molar-refractivity contribution is 5.93. The second kappa shape index (κ2) is 5.96. The van der Waals surface area contributed by atoms with Crippen molar-refractivity contribution in [2.75, 3.05) is 0 Å². The van der Waals surface area contributed by atoms with Gasteiger partial charge in [-0.25, -0.2) is 0 Å². The topological polar surface area (TPSA) is 57.8 Å². The van der Waals surface area contributed by atoms with Crippen LogP contribution in [0.4, 0.5) is 0 Å². The number of aromatic nitrogens is 2. The third kappa shape index (κ3) is 2.71. The van der Waals surface area contributed by atoms with Crippen molar-refractivity contribution in [3.05, 3.63) is 70.9 Å². The third-order valence-electron chi connectivity index (χ3n) is 4.65. The molecule has 1 atom stereocenters. The van der Waals surface area contributed by atoms with E-state index in [9.17, 15) is 4.79 Å². The number of amides is 1. The zero-order valence-corrected chi connectivity index (χ0v) is 13.5. The molecule has 0 saturated carbocycles. The van der Waals surface area contributed by atoms with Crippen molar-refractivity contribution < 1.29 is 4.79 Å². The van der Waals surface area contributed by atoms with Crippen molar-refractivity contribution in [2.45, 2.75) is 25.8 Å². The molecule has 0 fully saturated rings. The minimum Gasteiger partial charge on any atom is -0.346 e. The molecule has 2 N–H and O–H groups in total. The number of nitrogens with one attached hydrogen (secondary N) is 2. The zero-order chi connectivity index (χ0) is 16.5. The van der Waals surface area contributed by atoms with Crippen molar-refractivity contribution in [2.24, 2.45) is 0 Å². The standard InChI is InChI=1S/C20H19N3O/c1-13-16-9-6-14(12-19(16)23-22-13)7-11-20(24)21-18-10-8-15-4-2-3-5-17(15)18/h2-7,9,11-12,18H,8,10H2,1H3,(H,21,24)(H,22,23)/b11-7+/t18-/m1/s1. The molecule has 0 saturated heterocycles. The largest absolute Gasteiger partial charge is 0.346 e. The lowest BCUT2D eigenvalue weighted by Gasteiger charge is -2.12. The first kappa shape index (κ1) is 14.7. The van der Waals surface area contributed by atoms with Gasteiger partial charge in [0.05, 0.1) is 17.3 Å². The molecule has 1 aromatic heterocycles. The minimum atomic E-state index is -0.0578. The lowest BCUT2D eigenvalue weighted by Crippen LogP contribution is -2.25. The van der Waals surface area contributed by atoms with Crippen LogP contribution < -0.4 is 5.32 Å². The molecular weight excluding hydrogens is 298 g/mol. The summed E-state index contributed by atoms with van der Waals surface area (Å²) >= 11 is 0. The number of carbonyl (C=O) groups excluding carboxylic acids is 1. The van der Waals surface area contributed by atoms with Crippen LogP contribution in [0.25, 0.3) is 17.0 Å². The predicted octanol–water partition coefficient (Wildman–Crippen LogP) is 3.69. The van der Waals surface area contributed by atoms with E-state index in [1.54, 1.807) is 6.08 Å². The molecule has 0 unspecified atom stereocenters. The monoisotopic (exact) mass is 317 g/mol. The quantitative estimate of drug-likeness (QED) is 0.724. The van der Waals surface area contributed by atoms with E-state index in [1.165, 1.54) is 11.1 Å². The normalized spacial score (nSPS) is 16.6. The molecule has 1 aliphatic carbocycles. The first-order valence-electron chi connectivity index (χ1n) is 8.22. The molecule has 2 aromatic carbocycles. The smallest absolute Gasteiger partial charge is 0.244 e. The molecule has 4 heteroatoms. The Morgan fingerprint density at radius 3 is 3.08 bits per heavy atom. The van der Waals surface area contributed by atoms with Crippen LogP contribution in [-0.2, 0) is 11.2 Å². The Hall–Kier alpha value is -2.88. The summed E-state index contributed by atoms with van der Waals surface area (Å²) in [5.74, 6) is -0.0578. The first-order chi connectivity index (χ1) is 11.7. The van der Waals surface area contributed by atoms with Crippen LogP contribution in [0.3, 0.4) is 0 Å². The van der Waals surface area contributed by atoms with Gasteiger partial charge in [-0.2, -0.15) is 5.10 Å². The highest BCUT2D eigenvalue weighted by atomic mass is 16.1. The maximum absolute atomic E-state index is 12.2. The van der Waals surface area contributed by atoms with E-state index in [1.807, 2.05) is 37.3 Å². The Labute approximate surface area is 140 Å². The molecule has 4 rings (SSSR count). The molecule has 1 aliphatic rings. The summed E-state index contributed by atoms with van der Waals surface area (Å²) in [7, 11) is 0. The third-order valence-corrected chi connectivity index (χ3v) is 4.65. The minimum absolute atomic E-state index is 0.0578. The average Bonchev–Trinajstić information content (AvgIpc) is 3.17. The Morgan fingerprint density at radius 2 is 2.17 bits per heavy atom. The van der Waals surface area contributed by atoms with Crippen LogP contribution in [0.5, 0.6) is 0 Å². The lowest BCUT2D eigenvalue weighted by molar-refractivity contribution is -0.117. The Kier molecular flexibility index (Phi) is 3.65. The molecule has 1 heterocycles. The highest BCUT2D eigenvalue weighted by Gasteiger charge is 2.22. The maximum Gasteiger partial charge on any atom is 0.244 e. The number of aromatic amines is 1. The molecular formula is C20H19N3O. The van der Waals surface area contributed by atoms with Gasteiger partial charge < -0.3 is 5.32 Å². The van der Waals surface area contributed by atoms with E-state index in [2.05, 4.69) is 33.7 Å². The van der Waals surface area contributed by atoms with E-state index < -0.39 is 0 Å². The van der Waals surface area contributed by atoms with Crippen LogP contribution >= 0.6 is 0 Å². The van der Waals surface area contributed by atoms with Gasteiger partial charge in [-0.1, -0.05) is 36.4 Å². The second-order valence-corrected chi connectivity index (χ2v) is 6.25. The molecule has 120 valence electrons. The van der Waals surface area contributed by atoms with Crippen molar-refractivity contribution in [3.63, 3.8) is 0 Å². The van der Waals surface area contributed by atoms with Gasteiger partial charge >= 0.3 is 0 Å². The molecule has 4 nitrogen and oxygen atoms in total. The number of hydrogen-bond acceptors (Lipinski definition) is 2. The summed E-state index contributed by atoms with van der Waals surface area (Å²) in [6.07, 6.45) is 5.44. The molecule has 0 bridgehead atoms. The Morgan fingerprint density at radius 1 is 1.29 bits per heavy atom. The average molecular weight is 317 g/mol. The summed E-state index contributed by atoms with van der Waals surface area (Å²) in [5, 5.41) is 11.4. The van der Waals surface area contributed by atoms with Gasteiger partial charge in [-0.15, -0.1) is 0 Å². The van der Waals surface area contributed by atoms with Crippen LogP contribution in [0.2, 0.25) is 0 Å². The number of H-pyrrole nitrogens is 1. The van der Waals surface area contributed by atoms with E-state index in [-0.39, 0.29) is 11.9 Å². The molecule has 1 amide bonds.